The predicted molar refractivity (Wildman–Crippen MR) is 88.7 cm³/mol. The third-order valence-electron chi connectivity index (χ3n) is 3.08. The van der Waals surface area contributed by atoms with Gasteiger partial charge in [0.05, 0.1) is 24.6 Å². The lowest BCUT2D eigenvalue weighted by Crippen LogP contribution is -2.33. The number of benzene rings is 1. The molecule has 0 saturated heterocycles. The van der Waals surface area contributed by atoms with E-state index in [0.717, 1.165) is 10.9 Å². The van der Waals surface area contributed by atoms with Crippen LogP contribution in [-0.2, 0) is 14.3 Å². The molecule has 1 aromatic heterocycles. The fraction of sp³-hybridized carbons (Fsp3) is 0.250. The second-order valence-electron chi connectivity index (χ2n) is 4.78. The number of rotatable bonds is 7. The number of amides is 1. The van der Waals surface area contributed by atoms with Crippen LogP contribution in [0.4, 0.5) is 4.39 Å². The van der Waals surface area contributed by atoms with Crippen molar-refractivity contribution in [3.63, 3.8) is 0 Å². The van der Waals surface area contributed by atoms with Crippen LogP contribution in [0.5, 0.6) is 5.75 Å². The molecule has 0 spiro atoms. The Labute approximate surface area is 147 Å². The van der Waals surface area contributed by atoms with E-state index in [-0.39, 0.29) is 23.8 Å². The van der Waals surface area contributed by atoms with E-state index in [0.29, 0.717) is 0 Å². The Bertz CT molecular complexity index is 708. The first-order valence-electron chi connectivity index (χ1n) is 6.97. The van der Waals surface area contributed by atoms with Crippen LogP contribution in [0.25, 0.3) is 0 Å². The molecule has 5 nitrogen and oxygen atoms in total. The Hall–Kier alpha value is -2.12. The maximum absolute atomic E-state index is 13.1. The van der Waals surface area contributed by atoms with Gasteiger partial charge in [0.25, 0.3) is 5.91 Å². The summed E-state index contributed by atoms with van der Waals surface area (Å²) < 4.78 is 23.0. The number of methoxy groups -OCH3 is 1. The highest BCUT2D eigenvalue weighted by Crippen LogP contribution is 2.23. The van der Waals surface area contributed by atoms with Crippen molar-refractivity contribution in [1.29, 1.82) is 0 Å². The number of ether oxygens (including phenoxy) is 2. The molecule has 128 valence electrons. The zero-order valence-electron chi connectivity index (χ0n) is 12.8. The van der Waals surface area contributed by atoms with Gasteiger partial charge in [0.2, 0.25) is 0 Å². The van der Waals surface area contributed by atoms with Gasteiger partial charge >= 0.3 is 5.97 Å². The molecule has 1 amide bonds. The summed E-state index contributed by atoms with van der Waals surface area (Å²) in [5.74, 6) is -1.14. The Kier molecular flexibility index (Phi) is 6.57. The van der Waals surface area contributed by atoms with Gasteiger partial charge in [-0.1, -0.05) is 17.7 Å². The Morgan fingerprint density at radius 3 is 2.79 bits per heavy atom. The molecule has 2 aromatic rings. The van der Waals surface area contributed by atoms with Gasteiger partial charge in [0.15, 0.2) is 6.61 Å². The van der Waals surface area contributed by atoms with Crippen molar-refractivity contribution in [2.24, 2.45) is 0 Å². The number of halogens is 2. The van der Waals surface area contributed by atoms with Crippen LogP contribution in [0, 0.1) is 5.82 Å². The predicted octanol–water partition coefficient (Wildman–Crippen LogP) is 3.34. The van der Waals surface area contributed by atoms with Crippen molar-refractivity contribution in [2.75, 3.05) is 13.7 Å². The van der Waals surface area contributed by atoms with Crippen LogP contribution in [0.1, 0.15) is 17.3 Å². The number of carbonyl (C=O) groups is 2. The summed E-state index contributed by atoms with van der Waals surface area (Å²) in [7, 11) is 1.29. The highest BCUT2D eigenvalue weighted by molar-refractivity contribution is 7.10. The van der Waals surface area contributed by atoms with Crippen LogP contribution < -0.4 is 10.1 Å². The average Bonchev–Trinajstić information content (AvgIpc) is 3.09. The van der Waals surface area contributed by atoms with Crippen LogP contribution >= 0.6 is 22.9 Å². The van der Waals surface area contributed by atoms with Gasteiger partial charge in [-0.3, -0.25) is 9.59 Å². The number of thiophene rings is 1. The fourth-order valence-electron chi connectivity index (χ4n) is 1.91. The largest absolute Gasteiger partial charge is 0.484 e. The van der Waals surface area contributed by atoms with Gasteiger partial charge in [0.1, 0.15) is 11.6 Å². The first-order valence-corrected chi connectivity index (χ1v) is 8.22. The summed E-state index contributed by atoms with van der Waals surface area (Å²) >= 11 is 7.07. The van der Waals surface area contributed by atoms with E-state index < -0.39 is 23.7 Å². The maximum atomic E-state index is 13.1. The summed E-state index contributed by atoms with van der Waals surface area (Å²) in [5.41, 5.74) is 0. The first kappa shape index (κ1) is 18.2. The molecule has 0 aliphatic carbocycles. The number of hydrogen-bond acceptors (Lipinski definition) is 5. The van der Waals surface area contributed by atoms with Crippen molar-refractivity contribution < 1.29 is 23.5 Å². The van der Waals surface area contributed by atoms with Crippen molar-refractivity contribution in [2.45, 2.75) is 12.5 Å². The molecule has 1 aromatic carbocycles. The average molecular weight is 372 g/mol. The van der Waals surface area contributed by atoms with Gasteiger partial charge in [-0.2, -0.15) is 0 Å². The van der Waals surface area contributed by atoms with E-state index >= 15 is 0 Å². The van der Waals surface area contributed by atoms with E-state index in [2.05, 4.69) is 10.1 Å². The Balaban J connectivity index is 1.94. The Morgan fingerprint density at radius 2 is 2.17 bits per heavy atom. The Morgan fingerprint density at radius 1 is 1.38 bits per heavy atom. The van der Waals surface area contributed by atoms with Gasteiger partial charge in [0, 0.05) is 10.9 Å². The fourth-order valence-corrected chi connectivity index (χ4v) is 2.86. The highest BCUT2D eigenvalue weighted by atomic mass is 35.5. The third kappa shape index (κ3) is 5.21. The molecule has 0 saturated carbocycles. The number of esters is 1. The molecule has 0 aliphatic heterocycles. The van der Waals surface area contributed by atoms with Gasteiger partial charge < -0.3 is 14.8 Å². The lowest BCUT2D eigenvalue weighted by Gasteiger charge is -2.16. The molecular formula is C16H15ClFNO4S. The highest BCUT2D eigenvalue weighted by Gasteiger charge is 2.20. The van der Waals surface area contributed by atoms with E-state index in [4.69, 9.17) is 16.3 Å². The quantitative estimate of drug-likeness (QED) is 0.758. The van der Waals surface area contributed by atoms with Gasteiger partial charge in [-0.15, -0.1) is 11.3 Å². The summed E-state index contributed by atoms with van der Waals surface area (Å²) in [6, 6.07) is 6.97. The second kappa shape index (κ2) is 8.65. The standard InChI is InChI=1S/C16H15ClFNO4S/c1-22-16(21)8-13(14-3-2-6-24-14)19-15(20)9-23-10-4-5-12(18)11(17)7-10/h2-7,13H,8-9H2,1H3,(H,19,20). The normalized spacial score (nSPS) is 11.6. The lowest BCUT2D eigenvalue weighted by molar-refractivity contribution is -0.141. The molecule has 1 unspecified atom stereocenters. The van der Waals surface area contributed by atoms with Crippen molar-refractivity contribution in [3.8, 4) is 5.75 Å². The summed E-state index contributed by atoms with van der Waals surface area (Å²) in [4.78, 5) is 24.4. The molecule has 8 heteroatoms. The van der Waals surface area contributed by atoms with Crippen LogP contribution in [0.3, 0.4) is 0 Å². The number of nitrogens with one attached hydrogen (secondary N) is 1. The molecule has 24 heavy (non-hydrogen) atoms. The van der Waals surface area contributed by atoms with E-state index in [1.54, 1.807) is 0 Å². The van der Waals surface area contributed by atoms with Crippen molar-refractivity contribution in [3.05, 3.63) is 51.4 Å². The SMILES string of the molecule is COC(=O)CC(NC(=O)COc1ccc(F)c(Cl)c1)c1cccs1. The van der Waals surface area contributed by atoms with Gasteiger partial charge in [-0.05, 0) is 23.6 Å². The van der Waals surface area contributed by atoms with Crippen LogP contribution in [-0.4, -0.2) is 25.6 Å². The summed E-state index contributed by atoms with van der Waals surface area (Å²) in [6.45, 7) is -0.287. The molecule has 2 rings (SSSR count). The molecule has 0 bridgehead atoms. The van der Waals surface area contributed by atoms with E-state index in [9.17, 15) is 14.0 Å². The zero-order chi connectivity index (χ0) is 17.5. The van der Waals surface area contributed by atoms with Crippen LogP contribution in [0.15, 0.2) is 35.7 Å². The molecule has 0 radical (unpaired) electrons. The minimum Gasteiger partial charge on any atom is -0.484 e. The minimum absolute atomic E-state index is 0.0190. The second-order valence-corrected chi connectivity index (χ2v) is 6.17. The van der Waals surface area contributed by atoms with E-state index in [1.807, 2.05) is 17.5 Å². The molecule has 1 atom stereocenters. The van der Waals surface area contributed by atoms with Crippen LogP contribution in [0.2, 0.25) is 5.02 Å². The van der Waals surface area contributed by atoms with Gasteiger partial charge in [-0.25, -0.2) is 4.39 Å². The molecular weight excluding hydrogens is 357 g/mol. The lowest BCUT2D eigenvalue weighted by atomic mass is 10.1. The topological polar surface area (TPSA) is 64.6 Å². The molecule has 0 aliphatic rings. The maximum Gasteiger partial charge on any atom is 0.307 e. The summed E-state index contributed by atoms with van der Waals surface area (Å²) in [5, 5.41) is 4.48. The third-order valence-corrected chi connectivity index (χ3v) is 4.36. The molecule has 0 fully saturated rings. The number of hydrogen-bond donors (Lipinski definition) is 1. The van der Waals surface area contributed by atoms with E-state index in [1.165, 1.54) is 30.6 Å². The number of carbonyl (C=O) groups excluding carboxylic acids is 2. The minimum atomic E-state index is -0.565. The van der Waals surface area contributed by atoms with Crippen molar-refractivity contribution >= 4 is 34.8 Å². The monoisotopic (exact) mass is 371 g/mol. The first-order chi connectivity index (χ1) is 11.5. The smallest absolute Gasteiger partial charge is 0.307 e. The molecule has 1 N–H and O–H groups in total. The summed E-state index contributed by atoms with van der Waals surface area (Å²) in [6.07, 6.45) is 0.0190. The molecule has 1 heterocycles. The van der Waals surface area contributed by atoms with Crippen molar-refractivity contribution in [1.82, 2.24) is 5.32 Å². The zero-order valence-corrected chi connectivity index (χ0v) is 14.3.